The van der Waals surface area contributed by atoms with Crippen LogP contribution in [-0.4, -0.2) is 5.11 Å². The van der Waals surface area contributed by atoms with Crippen LogP contribution < -0.4 is 0 Å². The van der Waals surface area contributed by atoms with Crippen LogP contribution in [0.3, 0.4) is 0 Å². The molecule has 0 spiro atoms. The molecule has 1 aliphatic rings. The molecule has 1 radical (unpaired) electrons. The molecule has 0 amide bonds. The standard InChI is InChI=1S/C9H8ClO/c10-9-5-7(11)3-4-8(9)6-1-2-6/h1,3-6,11H,2H2. The molecule has 0 aliphatic heterocycles. The topological polar surface area (TPSA) is 20.2 Å². The van der Waals surface area contributed by atoms with E-state index in [4.69, 9.17) is 16.7 Å². The predicted octanol–water partition coefficient (Wildman–Crippen LogP) is 2.74. The number of phenolic OH excluding ortho intramolecular Hbond substituents is 1. The Morgan fingerprint density at radius 1 is 1.45 bits per heavy atom. The van der Waals surface area contributed by atoms with Crippen molar-refractivity contribution in [1.29, 1.82) is 0 Å². The molecular weight excluding hydrogens is 160 g/mol. The first-order chi connectivity index (χ1) is 5.27. The van der Waals surface area contributed by atoms with Crippen molar-refractivity contribution >= 4 is 11.6 Å². The van der Waals surface area contributed by atoms with Crippen molar-refractivity contribution in [2.45, 2.75) is 12.3 Å². The number of rotatable bonds is 1. The van der Waals surface area contributed by atoms with Gasteiger partial charge in [-0.3, -0.25) is 0 Å². The minimum Gasteiger partial charge on any atom is -0.508 e. The number of phenols is 1. The van der Waals surface area contributed by atoms with Crippen LogP contribution >= 0.6 is 11.6 Å². The summed E-state index contributed by atoms with van der Waals surface area (Å²) in [4.78, 5) is 0. The minimum atomic E-state index is 0.236. The molecule has 57 valence electrons. The van der Waals surface area contributed by atoms with Crippen LogP contribution in [-0.2, 0) is 0 Å². The van der Waals surface area contributed by atoms with Gasteiger partial charge in [0.2, 0.25) is 0 Å². The van der Waals surface area contributed by atoms with Gasteiger partial charge in [0.05, 0.1) is 0 Å². The van der Waals surface area contributed by atoms with Crippen molar-refractivity contribution in [3.8, 4) is 5.75 Å². The molecule has 0 aromatic heterocycles. The van der Waals surface area contributed by atoms with Gasteiger partial charge in [0.25, 0.3) is 0 Å². The van der Waals surface area contributed by atoms with Gasteiger partial charge in [-0.2, -0.15) is 0 Å². The van der Waals surface area contributed by atoms with Crippen molar-refractivity contribution in [2.24, 2.45) is 0 Å². The largest absolute Gasteiger partial charge is 0.508 e. The number of benzene rings is 1. The second-order valence-electron chi connectivity index (χ2n) is 2.78. The van der Waals surface area contributed by atoms with Crippen LogP contribution in [0.1, 0.15) is 17.9 Å². The van der Waals surface area contributed by atoms with Crippen molar-refractivity contribution in [3.63, 3.8) is 0 Å². The van der Waals surface area contributed by atoms with E-state index in [-0.39, 0.29) is 5.75 Å². The van der Waals surface area contributed by atoms with Gasteiger partial charge in [-0.05, 0) is 36.5 Å². The Morgan fingerprint density at radius 2 is 2.18 bits per heavy atom. The highest BCUT2D eigenvalue weighted by atomic mass is 35.5. The summed E-state index contributed by atoms with van der Waals surface area (Å²) in [7, 11) is 0. The Kier molecular flexibility index (Phi) is 1.53. The molecule has 0 saturated heterocycles. The number of halogens is 1. The maximum atomic E-state index is 9.05. The van der Waals surface area contributed by atoms with E-state index in [9.17, 15) is 0 Å². The van der Waals surface area contributed by atoms with E-state index >= 15 is 0 Å². The number of hydrogen-bond acceptors (Lipinski definition) is 1. The normalized spacial score (nSPS) is 16.8. The lowest BCUT2D eigenvalue weighted by atomic mass is 10.1. The molecule has 1 atom stereocenters. The summed E-state index contributed by atoms with van der Waals surface area (Å²) in [6, 6.07) is 5.14. The minimum absolute atomic E-state index is 0.236. The first-order valence-electron chi connectivity index (χ1n) is 3.59. The average Bonchev–Trinajstić information content (AvgIpc) is 2.70. The lowest BCUT2D eigenvalue weighted by Crippen LogP contribution is -1.79. The molecular formula is C9H8ClO. The van der Waals surface area contributed by atoms with Crippen molar-refractivity contribution < 1.29 is 5.11 Å². The van der Waals surface area contributed by atoms with Gasteiger partial charge in [0.15, 0.2) is 0 Å². The van der Waals surface area contributed by atoms with Crippen molar-refractivity contribution in [2.75, 3.05) is 0 Å². The van der Waals surface area contributed by atoms with Crippen LogP contribution in [0.2, 0.25) is 5.02 Å². The summed E-state index contributed by atoms with van der Waals surface area (Å²) in [6.45, 7) is 0. The maximum Gasteiger partial charge on any atom is 0.117 e. The fourth-order valence-electron chi connectivity index (χ4n) is 1.14. The van der Waals surface area contributed by atoms with Crippen LogP contribution in [0.25, 0.3) is 0 Å². The third kappa shape index (κ3) is 1.33. The molecule has 1 aliphatic carbocycles. The Bertz CT molecular complexity index is 279. The van der Waals surface area contributed by atoms with E-state index in [0.29, 0.717) is 10.9 Å². The van der Waals surface area contributed by atoms with Gasteiger partial charge < -0.3 is 5.11 Å². The van der Waals surface area contributed by atoms with Crippen LogP contribution in [0, 0.1) is 6.42 Å². The van der Waals surface area contributed by atoms with E-state index in [1.54, 1.807) is 12.1 Å². The third-order valence-corrected chi connectivity index (χ3v) is 2.18. The first-order valence-corrected chi connectivity index (χ1v) is 3.97. The summed E-state index contributed by atoms with van der Waals surface area (Å²) in [5, 5.41) is 9.72. The van der Waals surface area contributed by atoms with E-state index < -0.39 is 0 Å². The van der Waals surface area contributed by atoms with Crippen LogP contribution in [0.15, 0.2) is 18.2 Å². The molecule has 1 aromatic carbocycles. The monoisotopic (exact) mass is 167 g/mol. The highest BCUT2D eigenvalue weighted by Gasteiger charge is 2.25. The average molecular weight is 168 g/mol. The molecule has 1 fully saturated rings. The van der Waals surface area contributed by atoms with Crippen molar-refractivity contribution in [3.05, 3.63) is 35.2 Å². The van der Waals surface area contributed by atoms with Gasteiger partial charge in [-0.1, -0.05) is 17.7 Å². The molecule has 2 heteroatoms. The molecule has 1 saturated carbocycles. The quantitative estimate of drug-likeness (QED) is 0.682. The van der Waals surface area contributed by atoms with Gasteiger partial charge in [-0.25, -0.2) is 0 Å². The summed E-state index contributed by atoms with van der Waals surface area (Å²) >= 11 is 5.88. The molecule has 0 heterocycles. The van der Waals surface area contributed by atoms with E-state index in [1.165, 1.54) is 0 Å². The molecule has 1 aromatic rings. The van der Waals surface area contributed by atoms with E-state index in [2.05, 4.69) is 6.42 Å². The number of aromatic hydroxyl groups is 1. The van der Waals surface area contributed by atoms with E-state index in [0.717, 1.165) is 12.0 Å². The van der Waals surface area contributed by atoms with Gasteiger partial charge in [-0.15, -0.1) is 0 Å². The zero-order valence-electron chi connectivity index (χ0n) is 5.92. The highest BCUT2D eigenvalue weighted by molar-refractivity contribution is 6.31. The Balaban J connectivity index is 2.39. The first kappa shape index (κ1) is 6.99. The predicted molar refractivity (Wildman–Crippen MR) is 44.8 cm³/mol. The van der Waals surface area contributed by atoms with Gasteiger partial charge in [0.1, 0.15) is 5.75 Å². The van der Waals surface area contributed by atoms with Gasteiger partial charge in [0, 0.05) is 5.02 Å². The molecule has 0 bridgehead atoms. The van der Waals surface area contributed by atoms with E-state index in [1.807, 2.05) is 6.07 Å². The Labute approximate surface area is 70.6 Å². The summed E-state index contributed by atoms with van der Waals surface area (Å²) in [5.74, 6) is 0.766. The summed E-state index contributed by atoms with van der Waals surface area (Å²) < 4.78 is 0. The van der Waals surface area contributed by atoms with Crippen molar-refractivity contribution in [1.82, 2.24) is 0 Å². The zero-order chi connectivity index (χ0) is 7.84. The zero-order valence-corrected chi connectivity index (χ0v) is 6.67. The molecule has 1 nitrogen and oxygen atoms in total. The Morgan fingerprint density at radius 3 is 2.73 bits per heavy atom. The summed E-state index contributed by atoms with van der Waals surface area (Å²) in [6.07, 6.45) is 3.31. The number of hydrogen-bond donors (Lipinski definition) is 1. The lowest BCUT2D eigenvalue weighted by Gasteiger charge is -2.00. The fourth-order valence-corrected chi connectivity index (χ4v) is 1.45. The second-order valence-corrected chi connectivity index (χ2v) is 3.19. The molecule has 11 heavy (non-hydrogen) atoms. The lowest BCUT2D eigenvalue weighted by molar-refractivity contribution is 0.475. The fraction of sp³-hybridized carbons (Fsp3) is 0.222. The summed E-state index contributed by atoms with van der Waals surface area (Å²) in [5.41, 5.74) is 1.13. The smallest absolute Gasteiger partial charge is 0.117 e. The molecule has 2 rings (SSSR count). The van der Waals surface area contributed by atoms with Crippen LogP contribution in [0.4, 0.5) is 0 Å². The SMILES string of the molecule is Oc1ccc(C2[CH]C2)c(Cl)c1. The van der Waals surface area contributed by atoms with Gasteiger partial charge >= 0.3 is 0 Å². The maximum absolute atomic E-state index is 9.05. The third-order valence-electron chi connectivity index (χ3n) is 1.85. The second kappa shape index (κ2) is 2.42. The molecule has 1 N–H and O–H groups in total. The molecule has 1 unspecified atom stereocenters. The Hall–Kier alpha value is -0.690. The highest BCUT2D eigenvalue weighted by Crippen LogP contribution is 2.42. The van der Waals surface area contributed by atoms with Crippen LogP contribution in [0.5, 0.6) is 5.75 Å².